The molecule has 1 amide bonds. The fraction of sp³-hybridized carbons (Fsp3) is 0.409. The highest BCUT2D eigenvalue weighted by Gasteiger charge is 2.27. The van der Waals surface area contributed by atoms with Crippen LogP contribution in [0.1, 0.15) is 37.9 Å². The molecule has 3 heterocycles. The zero-order valence-electron chi connectivity index (χ0n) is 17.2. The molecule has 1 aromatic carbocycles. The number of carbonyl (C=O) groups is 1. The summed E-state index contributed by atoms with van der Waals surface area (Å²) in [4.78, 5) is 28.3. The molecule has 0 saturated carbocycles. The molecule has 1 aliphatic heterocycles. The van der Waals surface area contributed by atoms with Gasteiger partial charge in [-0.05, 0) is 57.4 Å². The summed E-state index contributed by atoms with van der Waals surface area (Å²) in [6.45, 7) is 13.4. The fourth-order valence-electron chi connectivity index (χ4n) is 4.05. The van der Waals surface area contributed by atoms with Gasteiger partial charge in [-0.15, -0.1) is 11.3 Å². The minimum absolute atomic E-state index is 0.123. The lowest BCUT2D eigenvalue weighted by molar-refractivity contribution is 0.0751. The highest BCUT2D eigenvalue weighted by Crippen LogP contribution is 2.32. The second-order valence-corrected chi connectivity index (χ2v) is 8.59. The van der Waals surface area contributed by atoms with Crippen LogP contribution in [0.15, 0.2) is 18.2 Å². The van der Waals surface area contributed by atoms with Crippen molar-refractivity contribution >= 4 is 33.1 Å². The molecular formula is C22H26N4OS. The number of fused-ring (bicyclic) bond motifs is 1. The van der Waals surface area contributed by atoms with Gasteiger partial charge in [0.2, 0.25) is 0 Å². The highest BCUT2D eigenvalue weighted by molar-refractivity contribution is 7.20. The van der Waals surface area contributed by atoms with Gasteiger partial charge in [0, 0.05) is 42.9 Å². The van der Waals surface area contributed by atoms with Gasteiger partial charge in [0.1, 0.15) is 10.7 Å². The Morgan fingerprint density at radius 1 is 0.964 bits per heavy atom. The zero-order chi connectivity index (χ0) is 20.0. The van der Waals surface area contributed by atoms with Gasteiger partial charge < -0.3 is 9.80 Å². The van der Waals surface area contributed by atoms with Crippen molar-refractivity contribution in [2.24, 2.45) is 0 Å². The summed E-state index contributed by atoms with van der Waals surface area (Å²) in [5, 5.41) is 1.04. The molecule has 28 heavy (non-hydrogen) atoms. The van der Waals surface area contributed by atoms with E-state index in [1.54, 1.807) is 0 Å². The number of piperazine rings is 1. The lowest BCUT2D eigenvalue weighted by Gasteiger charge is -2.37. The molecule has 0 bridgehead atoms. The van der Waals surface area contributed by atoms with Crippen molar-refractivity contribution in [1.29, 1.82) is 0 Å². The number of nitrogens with zero attached hydrogens (tertiary/aromatic N) is 4. The molecule has 6 heteroatoms. The van der Waals surface area contributed by atoms with E-state index < -0.39 is 0 Å². The van der Waals surface area contributed by atoms with Crippen molar-refractivity contribution in [3.8, 4) is 0 Å². The van der Waals surface area contributed by atoms with Gasteiger partial charge in [0.15, 0.2) is 0 Å². The molecule has 146 valence electrons. The first-order valence-electron chi connectivity index (χ1n) is 9.71. The number of carbonyl (C=O) groups excluding carboxylic acids is 1. The summed E-state index contributed by atoms with van der Waals surface area (Å²) in [6, 6.07) is 6.44. The summed E-state index contributed by atoms with van der Waals surface area (Å²) < 4.78 is 0. The molecule has 0 radical (unpaired) electrons. The third-order valence-corrected chi connectivity index (χ3v) is 6.93. The van der Waals surface area contributed by atoms with E-state index in [0.717, 1.165) is 58.4 Å². The Morgan fingerprint density at radius 2 is 1.68 bits per heavy atom. The van der Waals surface area contributed by atoms with Crippen molar-refractivity contribution in [1.82, 2.24) is 14.9 Å². The number of benzene rings is 1. The van der Waals surface area contributed by atoms with E-state index in [4.69, 9.17) is 0 Å². The van der Waals surface area contributed by atoms with E-state index in [2.05, 4.69) is 46.9 Å². The molecule has 1 saturated heterocycles. The van der Waals surface area contributed by atoms with Crippen LogP contribution in [0.4, 0.5) is 5.69 Å². The van der Waals surface area contributed by atoms with Crippen molar-refractivity contribution in [3.63, 3.8) is 0 Å². The summed E-state index contributed by atoms with van der Waals surface area (Å²) in [7, 11) is 0. The number of anilines is 1. The average Bonchev–Trinajstić information content (AvgIpc) is 3.00. The zero-order valence-corrected chi connectivity index (χ0v) is 18.0. The van der Waals surface area contributed by atoms with Gasteiger partial charge in [-0.3, -0.25) is 4.79 Å². The molecule has 1 fully saturated rings. The monoisotopic (exact) mass is 394 g/mol. The van der Waals surface area contributed by atoms with Crippen molar-refractivity contribution in [2.45, 2.75) is 34.6 Å². The summed E-state index contributed by atoms with van der Waals surface area (Å²) in [5.74, 6) is 0.880. The topological polar surface area (TPSA) is 49.3 Å². The number of thiophene rings is 1. The minimum Gasteiger partial charge on any atom is -0.368 e. The first-order chi connectivity index (χ1) is 13.4. The molecular weight excluding hydrogens is 368 g/mol. The second-order valence-electron chi connectivity index (χ2n) is 7.59. The van der Waals surface area contributed by atoms with Gasteiger partial charge in [-0.25, -0.2) is 9.97 Å². The minimum atomic E-state index is 0.123. The van der Waals surface area contributed by atoms with Gasteiger partial charge in [-0.1, -0.05) is 12.1 Å². The molecule has 0 aliphatic carbocycles. The van der Waals surface area contributed by atoms with E-state index in [1.165, 1.54) is 28.2 Å². The van der Waals surface area contributed by atoms with Gasteiger partial charge >= 0.3 is 0 Å². The van der Waals surface area contributed by atoms with E-state index >= 15 is 0 Å². The van der Waals surface area contributed by atoms with E-state index in [9.17, 15) is 4.79 Å². The first kappa shape index (κ1) is 18.9. The fourth-order valence-corrected chi connectivity index (χ4v) is 5.30. The Hall–Kier alpha value is -2.47. The molecule has 0 atom stereocenters. The maximum absolute atomic E-state index is 13.2. The molecule has 2 aromatic heterocycles. The molecule has 4 rings (SSSR count). The molecule has 5 nitrogen and oxygen atoms in total. The van der Waals surface area contributed by atoms with Crippen LogP contribution in [0.2, 0.25) is 0 Å². The lowest BCUT2D eigenvalue weighted by Crippen LogP contribution is -2.49. The second kappa shape index (κ2) is 7.17. The van der Waals surface area contributed by atoms with E-state index in [1.807, 2.05) is 25.7 Å². The highest BCUT2D eigenvalue weighted by atomic mass is 32.1. The maximum Gasteiger partial charge on any atom is 0.264 e. The lowest BCUT2D eigenvalue weighted by atomic mass is 10.1. The van der Waals surface area contributed by atoms with E-state index in [-0.39, 0.29) is 5.91 Å². The number of hydrogen-bond acceptors (Lipinski definition) is 5. The molecule has 1 aliphatic rings. The standard InChI is InChI=1S/C22H26N4OS/c1-13-7-6-8-18(14(13)2)25-9-11-26(12-10-25)22(27)20-15(3)19-16(4)23-17(5)24-21(19)28-20/h6-8H,9-12H2,1-5H3. The SMILES string of the molecule is Cc1nc(C)c2c(C)c(C(=O)N3CCN(c4cccc(C)c4C)CC3)sc2n1. The van der Waals surface area contributed by atoms with Crippen molar-refractivity contribution in [2.75, 3.05) is 31.1 Å². The van der Waals surface area contributed by atoms with Gasteiger partial charge in [-0.2, -0.15) is 0 Å². The molecule has 0 spiro atoms. The van der Waals surface area contributed by atoms with Gasteiger partial charge in [0.25, 0.3) is 5.91 Å². The quantitative estimate of drug-likeness (QED) is 0.654. The van der Waals surface area contributed by atoms with Crippen molar-refractivity contribution in [3.05, 3.63) is 51.3 Å². The summed E-state index contributed by atoms with van der Waals surface area (Å²) in [6.07, 6.45) is 0. The predicted molar refractivity (Wildman–Crippen MR) is 116 cm³/mol. The normalized spacial score (nSPS) is 14.8. The Balaban J connectivity index is 1.55. The van der Waals surface area contributed by atoms with Crippen LogP contribution in [-0.2, 0) is 0 Å². The third kappa shape index (κ3) is 3.15. The van der Waals surface area contributed by atoms with Crippen LogP contribution in [-0.4, -0.2) is 47.0 Å². The number of aryl methyl sites for hydroxylation is 4. The Bertz CT molecular complexity index is 1060. The first-order valence-corrected chi connectivity index (χ1v) is 10.5. The average molecular weight is 395 g/mol. The van der Waals surface area contributed by atoms with Crippen LogP contribution in [0.5, 0.6) is 0 Å². The smallest absolute Gasteiger partial charge is 0.264 e. The third-order valence-electron chi connectivity index (χ3n) is 5.76. The Morgan fingerprint density at radius 3 is 2.39 bits per heavy atom. The summed E-state index contributed by atoms with van der Waals surface area (Å²) in [5.41, 5.74) is 5.89. The largest absolute Gasteiger partial charge is 0.368 e. The number of rotatable bonds is 2. The number of aromatic nitrogens is 2. The van der Waals surface area contributed by atoms with E-state index in [0.29, 0.717) is 0 Å². The van der Waals surface area contributed by atoms with Crippen LogP contribution >= 0.6 is 11.3 Å². The maximum atomic E-state index is 13.2. The van der Waals surface area contributed by atoms with Crippen LogP contribution in [0.25, 0.3) is 10.2 Å². The Labute approximate surface area is 170 Å². The molecule has 3 aromatic rings. The Kier molecular flexibility index (Phi) is 4.83. The summed E-state index contributed by atoms with van der Waals surface area (Å²) >= 11 is 1.50. The molecule has 0 unspecified atom stereocenters. The van der Waals surface area contributed by atoms with Crippen LogP contribution < -0.4 is 4.90 Å². The van der Waals surface area contributed by atoms with Crippen molar-refractivity contribution < 1.29 is 4.79 Å². The molecule has 0 N–H and O–H groups in total. The number of hydrogen-bond donors (Lipinski definition) is 0. The van der Waals surface area contributed by atoms with Gasteiger partial charge in [0.05, 0.1) is 4.88 Å². The van der Waals surface area contributed by atoms with Crippen LogP contribution in [0, 0.1) is 34.6 Å². The predicted octanol–water partition coefficient (Wildman–Crippen LogP) is 4.20. The van der Waals surface area contributed by atoms with Crippen LogP contribution in [0.3, 0.4) is 0 Å². The number of amides is 1.